The number of nitrogens with one attached hydrogen (secondary N) is 1. The summed E-state index contributed by atoms with van der Waals surface area (Å²) >= 11 is 5.89. The van der Waals surface area contributed by atoms with E-state index in [0.717, 1.165) is 18.5 Å². The highest BCUT2D eigenvalue weighted by Crippen LogP contribution is 2.18. The van der Waals surface area contributed by atoms with Gasteiger partial charge in [0.15, 0.2) is 0 Å². The van der Waals surface area contributed by atoms with Gasteiger partial charge in [0.2, 0.25) is 5.82 Å². The number of amides is 1. The van der Waals surface area contributed by atoms with Crippen LogP contribution < -0.4 is 5.32 Å². The standard InChI is InChI=1S/C16H19ClN4O/c1-11-18-15(16(22)19-13-5-3-2-4-6-13)20-21(11)14-9-7-12(17)8-10-14/h7-10,13H,2-6H2,1H3,(H,19,22). The van der Waals surface area contributed by atoms with Crippen LogP contribution in [0.25, 0.3) is 5.69 Å². The van der Waals surface area contributed by atoms with Crippen LogP contribution in [0.1, 0.15) is 48.5 Å². The van der Waals surface area contributed by atoms with Gasteiger partial charge in [-0.25, -0.2) is 9.67 Å². The van der Waals surface area contributed by atoms with E-state index in [4.69, 9.17) is 11.6 Å². The Morgan fingerprint density at radius 2 is 1.91 bits per heavy atom. The predicted octanol–water partition coefficient (Wildman–Crippen LogP) is 3.29. The van der Waals surface area contributed by atoms with Crippen molar-refractivity contribution < 1.29 is 4.79 Å². The highest BCUT2D eigenvalue weighted by Gasteiger charge is 2.20. The molecule has 0 saturated heterocycles. The maximum atomic E-state index is 12.3. The molecule has 1 fully saturated rings. The summed E-state index contributed by atoms with van der Waals surface area (Å²) in [5.74, 6) is 0.705. The number of aromatic nitrogens is 3. The summed E-state index contributed by atoms with van der Waals surface area (Å²) in [6, 6.07) is 7.54. The van der Waals surface area contributed by atoms with Crippen LogP contribution in [0.4, 0.5) is 0 Å². The number of aryl methyl sites for hydroxylation is 1. The molecular formula is C16H19ClN4O. The maximum absolute atomic E-state index is 12.3. The molecule has 0 aliphatic heterocycles. The van der Waals surface area contributed by atoms with Crippen LogP contribution in [-0.2, 0) is 0 Å². The smallest absolute Gasteiger partial charge is 0.291 e. The number of halogens is 1. The van der Waals surface area contributed by atoms with Crippen molar-refractivity contribution in [1.82, 2.24) is 20.1 Å². The fourth-order valence-electron chi connectivity index (χ4n) is 2.81. The third kappa shape index (κ3) is 3.30. The van der Waals surface area contributed by atoms with Crippen molar-refractivity contribution in [2.24, 2.45) is 0 Å². The fraction of sp³-hybridized carbons (Fsp3) is 0.438. The second-order valence-corrected chi connectivity index (χ2v) is 6.12. The number of hydrogen-bond donors (Lipinski definition) is 1. The summed E-state index contributed by atoms with van der Waals surface area (Å²) in [6.07, 6.45) is 5.70. The molecule has 22 heavy (non-hydrogen) atoms. The molecule has 116 valence electrons. The Labute approximate surface area is 134 Å². The zero-order valence-electron chi connectivity index (χ0n) is 12.6. The normalized spacial score (nSPS) is 15.7. The van der Waals surface area contributed by atoms with Gasteiger partial charge in [-0.3, -0.25) is 4.79 Å². The predicted molar refractivity (Wildman–Crippen MR) is 85.4 cm³/mol. The minimum atomic E-state index is -0.192. The number of nitrogens with zero attached hydrogens (tertiary/aromatic N) is 3. The minimum absolute atomic E-state index is 0.192. The summed E-state index contributed by atoms with van der Waals surface area (Å²) < 4.78 is 1.66. The topological polar surface area (TPSA) is 59.8 Å². The Hall–Kier alpha value is -1.88. The lowest BCUT2D eigenvalue weighted by molar-refractivity contribution is 0.0917. The average Bonchev–Trinajstić information content (AvgIpc) is 2.91. The Bertz CT molecular complexity index is 659. The lowest BCUT2D eigenvalue weighted by Crippen LogP contribution is -2.36. The largest absolute Gasteiger partial charge is 0.347 e. The molecular weight excluding hydrogens is 300 g/mol. The summed E-state index contributed by atoms with van der Waals surface area (Å²) in [4.78, 5) is 16.6. The van der Waals surface area contributed by atoms with Gasteiger partial charge in [0.05, 0.1) is 5.69 Å². The van der Waals surface area contributed by atoms with Crippen molar-refractivity contribution >= 4 is 17.5 Å². The second-order valence-electron chi connectivity index (χ2n) is 5.68. The third-order valence-corrected chi connectivity index (χ3v) is 4.24. The summed E-state index contributed by atoms with van der Waals surface area (Å²) in [5, 5.41) is 8.03. The zero-order chi connectivity index (χ0) is 15.5. The maximum Gasteiger partial charge on any atom is 0.291 e. The van der Waals surface area contributed by atoms with Crippen LogP contribution in [0.15, 0.2) is 24.3 Å². The quantitative estimate of drug-likeness (QED) is 0.944. The van der Waals surface area contributed by atoms with E-state index in [-0.39, 0.29) is 17.8 Å². The number of carbonyl (C=O) groups excluding carboxylic acids is 1. The molecule has 0 atom stereocenters. The molecule has 1 N–H and O–H groups in total. The minimum Gasteiger partial charge on any atom is -0.347 e. The molecule has 2 aromatic rings. The van der Waals surface area contributed by atoms with Crippen molar-refractivity contribution in [2.45, 2.75) is 45.1 Å². The number of carbonyl (C=O) groups is 1. The van der Waals surface area contributed by atoms with Crippen molar-refractivity contribution in [1.29, 1.82) is 0 Å². The summed E-state index contributed by atoms with van der Waals surface area (Å²) in [7, 11) is 0. The second kappa shape index (κ2) is 6.48. The number of hydrogen-bond acceptors (Lipinski definition) is 3. The first kappa shape index (κ1) is 15.0. The molecule has 0 spiro atoms. The number of benzene rings is 1. The SMILES string of the molecule is Cc1nc(C(=O)NC2CCCCC2)nn1-c1ccc(Cl)cc1. The van der Waals surface area contributed by atoms with E-state index >= 15 is 0 Å². The highest BCUT2D eigenvalue weighted by molar-refractivity contribution is 6.30. The van der Waals surface area contributed by atoms with Gasteiger partial charge in [0.1, 0.15) is 5.82 Å². The lowest BCUT2D eigenvalue weighted by atomic mass is 9.95. The monoisotopic (exact) mass is 318 g/mol. The van der Waals surface area contributed by atoms with E-state index in [1.165, 1.54) is 19.3 Å². The van der Waals surface area contributed by atoms with E-state index in [0.29, 0.717) is 10.8 Å². The zero-order valence-corrected chi connectivity index (χ0v) is 13.3. The van der Waals surface area contributed by atoms with Gasteiger partial charge in [-0.1, -0.05) is 30.9 Å². The molecule has 1 amide bonds. The van der Waals surface area contributed by atoms with Crippen LogP contribution in [0.3, 0.4) is 0 Å². The van der Waals surface area contributed by atoms with Gasteiger partial charge < -0.3 is 5.32 Å². The van der Waals surface area contributed by atoms with Crippen LogP contribution in [0, 0.1) is 6.92 Å². The molecule has 1 saturated carbocycles. The van der Waals surface area contributed by atoms with Crippen molar-refractivity contribution in [3.05, 3.63) is 40.9 Å². The first-order valence-corrected chi connectivity index (χ1v) is 8.02. The van der Waals surface area contributed by atoms with Crippen molar-refractivity contribution in [3.63, 3.8) is 0 Å². The van der Waals surface area contributed by atoms with Gasteiger partial charge in [0.25, 0.3) is 5.91 Å². The molecule has 1 aliphatic carbocycles. The number of rotatable bonds is 3. The van der Waals surface area contributed by atoms with Crippen molar-refractivity contribution in [2.75, 3.05) is 0 Å². The highest BCUT2D eigenvalue weighted by atomic mass is 35.5. The lowest BCUT2D eigenvalue weighted by Gasteiger charge is -2.21. The van der Waals surface area contributed by atoms with Gasteiger partial charge in [-0.15, -0.1) is 5.10 Å². The van der Waals surface area contributed by atoms with E-state index in [2.05, 4.69) is 15.4 Å². The summed E-state index contributed by atoms with van der Waals surface area (Å²) in [5.41, 5.74) is 0.839. The van der Waals surface area contributed by atoms with Crippen LogP contribution in [-0.4, -0.2) is 26.7 Å². The Balaban J connectivity index is 1.76. The van der Waals surface area contributed by atoms with Gasteiger partial charge >= 0.3 is 0 Å². The first-order valence-electron chi connectivity index (χ1n) is 7.64. The fourth-order valence-corrected chi connectivity index (χ4v) is 2.94. The molecule has 1 aromatic carbocycles. The molecule has 1 aromatic heterocycles. The average molecular weight is 319 g/mol. The molecule has 0 bridgehead atoms. The summed E-state index contributed by atoms with van der Waals surface area (Å²) in [6.45, 7) is 1.83. The molecule has 0 unspecified atom stereocenters. The third-order valence-electron chi connectivity index (χ3n) is 3.98. The van der Waals surface area contributed by atoms with E-state index in [9.17, 15) is 4.79 Å². The molecule has 5 nitrogen and oxygen atoms in total. The molecule has 0 radical (unpaired) electrons. The van der Waals surface area contributed by atoms with Crippen LogP contribution >= 0.6 is 11.6 Å². The Morgan fingerprint density at radius 1 is 1.23 bits per heavy atom. The molecule has 6 heteroatoms. The van der Waals surface area contributed by atoms with Crippen molar-refractivity contribution in [3.8, 4) is 5.69 Å². The molecule has 3 rings (SSSR count). The van der Waals surface area contributed by atoms with E-state index < -0.39 is 0 Å². The van der Waals surface area contributed by atoms with Gasteiger partial charge in [0, 0.05) is 11.1 Å². The molecule has 1 heterocycles. The van der Waals surface area contributed by atoms with E-state index in [1.807, 2.05) is 19.1 Å². The first-order chi connectivity index (χ1) is 10.6. The van der Waals surface area contributed by atoms with Gasteiger partial charge in [-0.05, 0) is 44.0 Å². The van der Waals surface area contributed by atoms with Crippen LogP contribution in [0.5, 0.6) is 0 Å². The Morgan fingerprint density at radius 3 is 2.59 bits per heavy atom. The van der Waals surface area contributed by atoms with E-state index in [1.54, 1.807) is 16.8 Å². The van der Waals surface area contributed by atoms with Gasteiger partial charge in [-0.2, -0.15) is 0 Å². The Kier molecular flexibility index (Phi) is 4.43. The van der Waals surface area contributed by atoms with Crippen LogP contribution in [0.2, 0.25) is 5.02 Å². The molecule has 1 aliphatic rings.